The van der Waals surface area contributed by atoms with Crippen LogP contribution in [0.15, 0.2) is 10.9 Å². The van der Waals surface area contributed by atoms with Crippen LogP contribution in [0.1, 0.15) is 5.56 Å². The van der Waals surface area contributed by atoms with Gasteiger partial charge in [0.1, 0.15) is 5.02 Å². The summed E-state index contributed by atoms with van der Waals surface area (Å²) in [5.74, 6) is -0.0997. The van der Waals surface area contributed by atoms with Gasteiger partial charge in [-0.05, 0) is 12.5 Å². The molecule has 4 nitrogen and oxygen atoms in total. The standard InChI is InChI=1S/C8H11ClN2O2/c1-5-4-6(12)11(3-2-10)8(13)7(5)9/h4,12H,2-3,10H2,1H3. The molecule has 13 heavy (non-hydrogen) atoms. The van der Waals surface area contributed by atoms with Crippen LogP contribution in [0.4, 0.5) is 0 Å². The zero-order valence-corrected chi connectivity index (χ0v) is 8.01. The van der Waals surface area contributed by atoms with E-state index in [-0.39, 0.29) is 24.0 Å². The molecule has 1 heterocycles. The van der Waals surface area contributed by atoms with Crippen molar-refractivity contribution in [2.75, 3.05) is 6.54 Å². The largest absolute Gasteiger partial charge is 0.494 e. The van der Waals surface area contributed by atoms with Gasteiger partial charge in [-0.15, -0.1) is 0 Å². The Bertz CT molecular complexity index is 373. The second-order valence-corrected chi connectivity index (χ2v) is 3.12. The Balaban J connectivity index is 3.35. The van der Waals surface area contributed by atoms with Crippen LogP contribution in [0.3, 0.4) is 0 Å². The molecule has 0 bridgehead atoms. The molecule has 0 amide bonds. The van der Waals surface area contributed by atoms with E-state index in [0.717, 1.165) is 4.57 Å². The first-order valence-electron chi connectivity index (χ1n) is 3.87. The van der Waals surface area contributed by atoms with Crippen LogP contribution in [0, 0.1) is 6.92 Å². The molecule has 0 aromatic carbocycles. The number of nitrogens with zero attached hydrogens (tertiary/aromatic N) is 1. The van der Waals surface area contributed by atoms with E-state index in [0.29, 0.717) is 5.56 Å². The quantitative estimate of drug-likeness (QED) is 0.733. The lowest BCUT2D eigenvalue weighted by Crippen LogP contribution is -2.24. The van der Waals surface area contributed by atoms with Crippen molar-refractivity contribution in [2.24, 2.45) is 5.73 Å². The van der Waals surface area contributed by atoms with Crippen LogP contribution in [0.2, 0.25) is 5.02 Å². The van der Waals surface area contributed by atoms with E-state index >= 15 is 0 Å². The summed E-state index contributed by atoms with van der Waals surface area (Å²) in [6, 6.07) is 1.44. The number of hydrogen-bond donors (Lipinski definition) is 2. The van der Waals surface area contributed by atoms with Gasteiger partial charge in [0.2, 0.25) is 0 Å². The van der Waals surface area contributed by atoms with Gasteiger partial charge in [0.25, 0.3) is 5.56 Å². The minimum Gasteiger partial charge on any atom is -0.494 e. The first-order chi connectivity index (χ1) is 6.07. The molecule has 5 heteroatoms. The number of aromatic hydroxyl groups is 1. The summed E-state index contributed by atoms with van der Waals surface area (Å²) in [5.41, 5.74) is 5.44. The van der Waals surface area contributed by atoms with Crippen molar-refractivity contribution >= 4 is 11.6 Å². The maximum atomic E-state index is 11.4. The molecule has 0 fully saturated rings. The zero-order chi connectivity index (χ0) is 10.0. The third-order valence-electron chi connectivity index (χ3n) is 1.75. The third kappa shape index (κ3) is 1.84. The molecule has 3 N–H and O–H groups in total. The lowest BCUT2D eigenvalue weighted by molar-refractivity contribution is 0.407. The molecule has 0 saturated heterocycles. The average Bonchev–Trinajstić information content (AvgIpc) is 2.09. The summed E-state index contributed by atoms with van der Waals surface area (Å²) in [6.45, 7) is 2.22. The molecular weight excluding hydrogens is 192 g/mol. The summed E-state index contributed by atoms with van der Waals surface area (Å²) in [4.78, 5) is 11.4. The Labute approximate surface area is 80.6 Å². The van der Waals surface area contributed by atoms with Crippen molar-refractivity contribution in [1.29, 1.82) is 0 Å². The predicted octanol–water partition coefficient (Wildman–Crippen LogP) is 0.474. The van der Waals surface area contributed by atoms with E-state index < -0.39 is 5.56 Å². The fourth-order valence-corrected chi connectivity index (χ4v) is 1.23. The van der Waals surface area contributed by atoms with Crippen LogP contribution in [-0.4, -0.2) is 16.2 Å². The van der Waals surface area contributed by atoms with E-state index in [4.69, 9.17) is 17.3 Å². The van der Waals surface area contributed by atoms with Crippen LogP contribution in [-0.2, 0) is 6.54 Å². The molecular formula is C8H11ClN2O2. The highest BCUT2D eigenvalue weighted by Gasteiger charge is 2.08. The van der Waals surface area contributed by atoms with Crippen LogP contribution in [0.25, 0.3) is 0 Å². The number of halogens is 1. The smallest absolute Gasteiger partial charge is 0.272 e. The lowest BCUT2D eigenvalue weighted by atomic mass is 10.3. The van der Waals surface area contributed by atoms with Gasteiger partial charge in [0, 0.05) is 19.2 Å². The Morgan fingerprint density at radius 2 is 2.31 bits per heavy atom. The van der Waals surface area contributed by atoms with Crippen molar-refractivity contribution in [1.82, 2.24) is 4.57 Å². The van der Waals surface area contributed by atoms with E-state index in [2.05, 4.69) is 0 Å². The number of pyridine rings is 1. The van der Waals surface area contributed by atoms with E-state index in [1.807, 2.05) is 0 Å². The first kappa shape index (κ1) is 10.1. The lowest BCUT2D eigenvalue weighted by Gasteiger charge is -2.08. The molecule has 0 aliphatic heterocycles. The molecule has 0 spiro atoms. The molecule has 1 rings (SSSR count). The first-order valence-corrected chi connectivity index (χ1v) is 4.24. The average molecular weight is 203 g/mol. The summed E-state index contributed by atoms with van der Waals surface area (Å²) in [6.07, 6.45) is 0. The van der Waals surface area contributed by atoms with Gasteiger partial charge in [0.15, 0.2) is 5.88 Å². The van der Waals surface area contributed by atoms with Gasteiger partial charge < -0.3 is 10.8 Å². The van der Waals surface area contributed by atoms with Gasteiger partial charge in [-0.2, -0.15) is 0 Å². The van der Waals surface area contributed by atoms with Gasteiger partial charge in [-0.3, -0.25) is 9.36 Å². The molecule has 0 unspecified atom stereocenters. The van der Waals surface area contributed by atoms with Crippen LogP contribution in [0.5, 0.6) is 5.88 Å². The van der Waals surface area contributed by atoms with Crippen molar-refractivity contribution in [3.63, 3.8) is 0 Å². The number of aryl methyl sites for hydroxylation is 1. The van der Waals surface area contributed by atoms with Crippen molar-refractivity contribution < 1.29 is 5.11 Å². The Morgan fingerprint density at radius 3 is 2.85 bits per heavy atom. The van der Waals surface area contributed by atoms with Crippen molar-refractivity contribution in [2.45, 2.75) is 13.5 Å². The Hall–Kier alpha value is -1.00. The Kier molecular flexibility index (Phi) is 2.95. The maximum absolute atomic E-state index is 11.4. The fourth-order valence-electron chi connectivity index (χ4n) is 1.07. The zero-order valence-electron chi connectivity index (χ0n) is 7.25. The van der Waals surface area contributed by atoms with Gasteiger partial charge in [0.05, 0.1) is 0 Å². The number of hydrogen-bond acceptors (Lipinski definition) is 3. The molecule has 0 atom stereocenters. The molecule has 0 radical (unpaired) electrons. The number of aromatic nitrogens is 1. The molecule has 72 valence electrons. The predicted molar refractivity (Wildman–Crippen MR) is 51.2 cm³/mol. The molecule has 0 aliphatic carbocycles. The number of rotatable bonds is 2. The van der Waals surface area contributed by atoms with E-state index in [9.17, 15) is 9.90 Å². The Morgan fingerprint density at radius 1 is 1.69 bits per heavy atom. The topological polar surface area (TPSA) is 68.2 Å². The molecule has 1 aromatic heterocycles. The van der Waals surface area contributed by atoms with Crippen LogP contribution < -0.4 is 11.3 Å². The van der Waals surface area contributed by atoms with E-state index in [1.54, 1.807) is 6.92 Å². The van der Waals surface area contributed by atoms with Crippen LogP contribution >= 0.6 is 11.6 Å². The summed E-state index contributed by atoms with van der Waals surface area (Å²) < 4.78 is 1.15. The highest BCUT2D eigenvalue weighted by atomic mass is 35.5. The van der Waals surface area contributed by atoms with Gasteiger partial charge in [-0.1, -0.05) is 11.6 Å². The second-order valence-electron chi connectivity index (χ2n) is 2.74. The van der Waals surface area contributed by atoms with Gasteiger partial charge in [-0.25, -0.2) is 0 Å². The SMILES string of the molecule is Cc1cc(O)n(CCN)c(=O)c1Cl. The summed E-state index contributed by atoms with van der Waals surface area (Å²) in [5, 5.41) is 9.51. The molecule has 1 aromatic rings. The normalized spacial score (nSPS) is 10.4. The molecule has 0 aliphatic rings. The second kappa shape index (κ2) is 3.81. The number of nitrogens with two attached hydrogens (primary N) is 1. The van der Waals surface area contributed by atoms with Gasteiger partial charge >= 0.3 is 0 Å². The monoisotopic (exact) mass is 202 g/mol. The fraction of sp³-hybridized carbons (Fsp3) is 0.375. The molecule has 0 saturated carbocycles. The minimum absolute atomic E-state index is 0.0997. The minimum atomic E-state index is -0.399. The summed E-state index contributed by atoms with van der Waals surface area (Å²) >= 11 is 5.71. The highest BCUT2D eigenvalue weighted by Crippen LogP contribution is 2.15. The highest BCUT2D eigenvalue weighted by molar-refractivity contribution is 6.31. The maximum Gasteiger partial charge on any atom is 0.272 e. The van der Waals surface area contributed by atoms with Crippen molar-refractivity contribution in [3.05, 3.63) is 27.0 Å². The summed E-state index contributed by atoms with van der Waals surface area (Å²) in [7, 11) is 0. The van der Waals surface area contributed by atoms with E-state index in [1.165, 1.54) is 6.07 Å². The third-order valence-corrected chi connectivity index (χ3v) is 2.21. The van der Waals surface area contributed by atoms with Crippen molar-refractivity contribution in [3.8, 4) is 5.88 Å².